The van der Waals surface area contributed by atoms with E-state index in [2.05, 4.69) is 0 Å². The lowest BCUT2D eigenvalue weighted by Gasteiger charge is -2.32. The van der Waals surface area contributed by atoms with E-state index >= 15 is 0 Å². The van der Waals surface area contributed by atoms with Crippen LogP contribution in [-0.2, 0) is 9.59 Å². The summed E-state index contributed by atoms with van der Waals surface area (Å²) in [6.45, 7) is 0. The number of hydrogen-bond acceptors (Lipinski definition) is 10. The predicted octanol–water partition coefficient (Wildman–Crippen LogP) is -1.12. The van der Waals surface area contributed by atoms with Crippen LogP contribution in [0.1, 0.15) is 31.8 Å². The lowest BCUT2D eigenvalue weighted by atomic mass is 9.78. The van der Waals surface area contributed by atoms with E-state index in [9.17, 15) is 49.8 Å². The van der Waals surface area contributed by atoms with Gasteiger partial charge in [0.2, 0.25) is 23.1 Å². The van der Waals surface area contributed by atoms with Gasteiger partial charge in [-0.1, -0.05) is 11.5 Å². The molecule has 0 aliphatic heterocycles. The average molecular weight is 408 g/mol. The topological polar surface area (TPSA) is 195 Å². The molecule has 0 spiro atoms. The summed E-state index contributed by atoms with van der Waals surface area (Å²) in [6.07, 6.45) is 0. The van der Waals surface area contributed by atoms with Crippen LogP contribution in [0.25, 0.3) is 11.5 Å². The van der Waals surface area contributed by atoms with Gasteiger partial charge in [0.15, 0.2) is 0 Å². The summed E-state index contributed by atoms with van der Waals surface area (Å²) in [7, 11) is 0. The molecule has 0 atom stereocenters. The molecule has 2 aliphatic carbocycles. The lowest BCUT2D eigenvalue weighted by Crippen LogP contribution is -2.35. The number of fused-ring (bicyclic) bond motifs is 2. The summed E-state index contributed by atoms with van der Waals surface area (Å²) < 4.78 is 0. The maximum atomic E-state index is 12.9. The number of benzene rings is 2. The van der Waals surface area contributed by atoms with E-state index in [-0.39, 0.29) is 0 Å². The first-order valence-electron chi connectivity index (χ1n) is 8.18. The summed E-state index contributed by atoms with van der Waals surface area (Å²) >= 11 is 0. The first-order valence-corrected chi connectivity index (χ1v) is 8.18. The first kappa shape index (κ1) is 18.7. The van der Waals surface area contributed by atoms with Crippen molar-refractivity contribution >= 4 is 34.7 Å². The normalized spacial score (nSPS) is 16.1. The Hall–Kier alpha value is -4.60. The van der Waals surface area contributed by atoms with Gasteiger partial charge in [-0.25, -0.2) is 0 Å². The number of phenolic OH excluding ortho intramolecular Hbond substituents is 4. The molecule has 0 heterocycles. The molecule has 0 amide bonds. The average Bonchev–Trinajstić information content (AvgIpc) is 2.65. The van der Waals surface area contributed by atoms with E-state index in [1.165, 1.54) is 0 Å². The fourth-order valence-electron chi connectivity index (χ4n) is 3.44. The van der Waals surface area contributed by atoms with Gasteiger partial charge in [0.25, 0.3) is 0 Å². The number of phenols is 4. The maximum Gasteiger partial charge on any atom is 0.234 e. The highest BCUT2D eigenvalue weighted by Crippen LogP contribution is 2.42. The second kappa shape index (κ2) is 5.95. The van der Waals surface area contributed by atoms with E-state index in [4.69, 9.17) is 0 Å². The van der Waals surface area contributed by atoms with Gasteiger partial charge in [-0.3, -0.25) is 19.2 Å². The lowest BCUT2D eigenvalue weighted by molar-refractivity contribution is -0.248. The predicted molar refractivity (Wildman–Crippen MR) is 92.1 cm³/mol. The van der Waals surface area contributed by atoms with Crippen molar-refractivity contribution in [3.63, 3.8) is 0 Å². The zero-order valence-electron chi connectivity index (χ0n) is 14.5. The van der Waals surface area contributed by atoms with E-state index in [1.54, 1.807) is 0 Å². The molecule has 4 rings (SSSR count). The molecule has 0 radical (unpaired) electrons. The Balaban J connectivity index is 2.10. The number of rotatable bonds is 1. The van der Waals surface area contributed by atoms with E-state index in [0.717, 1.165) is 12.1 Å². The molecule has 0 fully saturated rings. The summed E-state index contributed by atoms with van der Waals surface area (Å²) in [6, 6.07) is 2.94. The zero-order chi connectivity index (χ0) is 22.1. The molecule has 10 heteroatoms. The Morgan fingerprint density at radius 2 is 0.867 bits per heavy atom. The molecule has 150 valence electrons. The number of Topliss-reactive ketones (excluding diaryl/α,β-unsaturated/α-hetero) is 4. The molecular weight excluding hydrogens is 400 g/mol. The smallest absolute Gasteiger partial charge is 0.234 e. The van der Waals surface area contributed by atoms with Crippen molar-refractivity contribution in [2.75, 3.05) is 0 Å². The van der Waals surface area contributed by atoms with Crippen LogP contribution in [-0.4, -0.2) is 43.6 Å². The van der Waals surface area contributed by atoms with Gasteiger partial charge < -0.3 is 30.6 Å². The third-order valence-corrected chi connectivity index (χ3v) is 4.72. The molecule has 10 nitrogen and oxygen atoms in total. The minimum Gasteiger partial charge on any atom is -0.871 e. The zero-order valence-corrected chi connectivity index (χ0v) is 14.5. The molecule has 2 aliphatic rings. The van der Waals surface area contributed by atoms with Crippen molar-refractivity contribution in [3.05, 3.63) is 57.7 Å². The van der Waals surface area contributed by atoms with Crippen LogP contribution in [0, 0.1) is 0 Å². The summed E-state index contributed by atoms with van der Waals surface area (Å²) in [5.74, 6) is -11.7. The molecule has 0 saturated heterocycles. The van der Waals surface area contributed by atoms with Crippen LogP contribution >= 0.6 is 0 Å². The van der Waals surface area contributed by atoms with Crippen LogP contribution in [0.3, 0.4) is 0 Å². The Morgan fingerprint density at radius 3 is 1.20 bits per heavy atom. The standard InChI is InChI=1S/C20H10O10/c21-5-1-7-11(9(23)3-5)17(27)13(19(29)15(7)25)14-18(28)12-8(16(26)20(14)30)2-6(22)4-10(12)24/h1-4,21-24,27-28H/p-2. The van der Waals surface area contributed by atoms with Crippen molar-refractivity contribution in [2.24, 2.45) is 0 Å². The molecule has 2 aromatic carbocycles. The molecule has 4 N–H and O–H groups in total. The molecule has 0 bridgehead atoms. The van der Waals surface area contributed by atoms with E-state index in [1.807, 2.05) is 0 Å². The van der Waals surface area contributed by atoms with Gasteiger partial charge in [0, 0.05) is 45.5 Å². The molecule has 0 unspecified atom stereocenters. The summed E-state index contributed by atoms with van der Waals surface area (Å²) in [5.41, 5.74) is -5.18. The monoisotopic (exact) mass is 408 g/mol. The Bertz CT molecular complexity index is 1210. The molecule has 30 heavy (non-hydrogen) atoms. The van der Waals surface area contributed by atoms with Crippen LogP contribution < -0.4 is 10.2 Å². The second-order valence-electron chi connectivity index (χ2n) is 6.50. The Morgan fingerprint density at radius 1 is 0.533 bits per heavy atom. The molecule has 0 saturated carbocycles. The molecule has 2 aromatic rings. The van der Waals surface area contributed by atoms with E-state index < -0.39 is 91.0 Å². The Labute approximate surface area is 165 Å². The number of aromatic hydroxyl groups is 4. The maximum absolute atomic E-state index is 12.9. The van der Waals surface area contributed by atoms with Gasteiger partial charge in [0.1, 0.15) is 23.0 Å². The van der Waals surface area contributed by atoms with Gasteiger partial charge >= 0.3 is 0 Å². The Kier molecular flexibility index (Phi) is 3.72. The highest BCUT2D eigenvalue weighted by atomic mass is 16.3. The van der Waals surface area contributed by atoms with Crippen molar-refractivity contribution in [3.8, 4) is 23.0 Å². The van der Waals surface area contributed by atoms with Gasteiger partial charge in [-0.15, -0.1) is 0 Å². The third-order valence-electron chi connectivity index (χ3n) is 4.72. The van der Waals surface area contributed by atoms with Crippen molar-refractivity contribution < 1.29 is 49.8 Å². The largest absolute Gasteiger partial charge is 0.871 e. The van der Waals surface area contributed by atoms with E-state index in [0.29, 0.717) is 12.1 Å². The van der Waals surface area contributed by atoms with Gasteiger partial charge in [-0.2, -0.15) is 0 Å². The number of ketones is 4. The summed E-state index contributed by atoms with van der Waals surface area (Å²) in [5, 5.41) is 64.7. The van der Waals surface area contributed by atoms with Crippen LogP contribution in [0.5, 0.6) is 23.0 Å². The highest BCUT2D eigenvalue weighted by Gasteiger charge is 2.40. The SMILES string of the molecule is O=C1C(=O)c2cc(O)cc(O)c2C([O-])=C1C1=C([O-])c2c(O)cc(O)cc2C(=O)C1=O. The highest BCUT2D eigenvalue weighted by molar-refractivity contribution is 6.60. The first-order chi connectivity index (χ1) is 14.0. The second-order valence-corrected chi connectivity index (χ2v) is 6.50. The molecule has 0 aromatic heterocycles. The fourth-order valence-corrected chi connectivity index (χ4v) is 3.44. The van der Waals surface area contributed by atoms with Gasteiger partial charge in [0.05, 0.1) is 0 Å². The van der Waals surface area contributed by atoms with Crippen molar-refractivity contribution in [1.82, 2.24) is 0 Å². The van der Waals surface area contributed by atoms with Crippen LogP contribution in [0.4, 0.5) is 0 Å². The number of allylic oxidation sites excluding steroid dienone is 2. The quantitative estimate of drug-likeness (QED) is 0.420. The number of carbonyl (C=O) groups excluding carboxylic acids is 4. The fraction of sp³-hybridized carbons (Fsp3) is 0. The third kappa shape index (κ3) is 2.30. The number of carbonyl (C=O) groups is 4. The minimum absolute atomic E-state index is 0.616. The molecular formula is C20H8O10-2. The number of hydrogen-bond donors (Lipinski definition) is 4. The van der Waals surface area contributed by atoms with Gasteiger partial charge in [-0.05, 0) is 12.1 Å². The van der Waals surface area contributed by atoms with Crippen LogP contribution in [0.15, 0.2) is 35.4 Å². The minimum atomic E-state index is -1.59. The van der Waals surface area contributed by atoms with Crippen LogP contribution in [0.2, 0.25) is 0 Å². The van der Waals surface area contributed by atoms with Crippen molar-refractivity contribution in [1.29, 1.82) is 0 Å². The summed E-state index contributed by atoms with van der Waals surface area (Å²) in [4.78, 5) is 50.0. The van der Waals surface area contributed by atoms with Crippen molar-refractivity contribution in [2.45, 2.75) is 0 Å².